The first-order chi connectivity index (χ1) is 44.9. The number of carbonyl (C=O) groups is 4. The summed E-state index contributed by atoms with van der Waals surface area (Å²) in [6, 6.07) is 10.0. The van der Waals surface area contributed by atoms with E-state index in [0.29, 0.717) is 81.3 Å². The number of aromatic nitrogens is 12. The topological polar surface area (TPSA) is 585 Å². The number of anilines is 2. The Kier molecular flexibility index (Phi) is 31.4. The number of hydrogen-bond donors (Lipinski definition) is 14. The van der Waals surface area contributed by atoms with Gasteiger partial charge in [-0.3, -0.25) is 47.6 Å². The highest BCUT2D eigenvalue weighted by Gasteiger charge is 2.34. The number of carboxylic acid groups (broad SMARTS) is 2. The molecule has 36 nitrogen and oxygen atoms in total. The minimum atomic E-state index is -4.62. The first-order valence-corrected chi connectivity index (χ1v) is 34.6. The Bertz CT molecular complexity index is 3550. The first kappa shape index (κ1) is 78.9. The molecule has 524 valence electrons. The molecule has 8 aromatic heterocycles. The number of amides is 2. The van der Waals surface area contributed by atoms with Gasteiger partial charge in [-0.05, 0) is 102 Å². The number of phosphoric ester groups is 2. The van der Waals surface area contributed by atoms with Gasteiger partial charge < -0.3 is 85.1 Å². The number of unbranched alkanes of at least 4 members (excludes halogenated alkanes) is 2. The van der Waals surface area contributed by atoms with E-state index in [2.05, 4.69) is 61.3 Å². The number of nitrogens with zero attached hydrogens (tertiary/aromatic N) is 12. The van der Waals surface area contributed by atoms with E-state index in [1.165, 1.54) is 56.8 Å². The molecule has 96 heavy (non-hydrogen) atoms. The third-order valence-corrected chi connectivity index (χ3v) is 16.8. The molecule has 24 N–H and O–H groups in total. The number of thiazole rings is 2. The maximum atomic E-state index is 13.1. The number of carboxylic acids is 2. The SMILES string of the molecule is CCOC1CC(n2cc(NC(=O)c3csc(-c4cnn(COP(=O)(O)O)c4)n3)c(-c3ccccn3)n2)C1.CCOC1CC(n2cc(NC(=O)c3csc(-c4cnn(COP(=O)(O)O)c4)n3)c(-c3ccccn3)n2)C1.N.N.NC(CCCC[NH3+])C(=O)O.NC(CCCC[NH3+])C(=O)O. The number of nitrogens with two attached hydrogens (primary N) is 2. The zero-order valence-electron chi connectivity index (χ0n) is 52.8. The second-order valence-electron chi connectivity index (χ2n) is 21.2. The van der Waals surface area contributed by atoms with Crippen molar-refractivity contribution in [1.29, 1.82) is 0 Å². The van der Waals surface area contributed by atoms with Crippen LogP contribution < -0.4 is 45.9 Å². The lowest BCUT2D eigenvalue weighted by molar-refractivity contribution is -0.368. The predicted molar refractivity (Wildman–Crippen MR) is 352 cm³/mol. The zero-order chi connectivity index (χ0) is 68.0. The molecule has 0 bridgehead atoms. The normalized spacial score (nSPS) is 16.2. The quantitative estimate of drug-likeness (QED) is 0.0216. The summed E-state index contributed by atoms with van der Waals surface area (Å²) in [6.07, 6.45) is 21.6. The minimum absolute atomic E-state index is 0. The first-order valence-electron chi connectivity index (χ1n) is 29.7. The summed E-state index contributed by atoms with van der Waals surface area (Å²) in [5, 5.41) is 44.2. The van der Waals surface area contributed by atoms with Gasteiger partial charge in [0.25, 0.3) is 11.8 Å². The van der Waals surface area contributed by atoms with Crippen LogP contribution in [0.1, 0.15) is 111 Å². The van der Waals surface area contributed by atoms with Gasteiger partial charge in [0.15, 0.2) is 13.5 Å². The molecule has 2 amide bonds. The number of carbonyl (C=O) groups excluding carboxylic acids is 2. The van der Waals surface area contributed by atoms with Crippen LogP contribution >= 0.6 is 38.3 Å². The van der Waals surface area contributed by atoms with Crippen LogP contribution in [-0.2, 0) is 50.7 Å². The smallest absolute Gasteiger partial charge is 0.471 e. The molecule has 0 aliphatic heterocycles. The van der Waals surface area contributed by atoms with E-state index in [4.69, 9.17) is 60.9 Å². The Balaban J connectivity index is 0.000000267. The molecule has 40 heteroatoms. The number of aliphatic carboxylic acids is 2. The van der Waals surface area contributed by atoms with Crippen molar-refractivity contribution in [2.75, 3.05) is 36.9 Å². The van der Waals surface area contributed by atoms with Crippen LogP contribution in [0.4, 0.5) is 11.4 Å². The highest BCUT2D eigenvalue weighted by atomic mass is 32.1. The van der Waals surface area contributed by atoms with Gasteiger partial charge in [0.1, 0.15) is 44.9 Å². The molecule has 0 spiro atoms. The van der Waals surface area contributed by atoms with Gasteiger partial charge >= 0.3 is 27.6 Å². The van der Waals surface area contributed by atoms with Crippen molar-refractivity contribution in [3.8, 4) is 43.9 Å². The van der Waals surface area contributed by atoms with Crippen molar-refractivity contribution in [2.24, 2.45) is 11.5 Å². The van der Waals surface area contributed by atoms with Crippen LogP contribution in [0.3, 0.4) is 0 Å². The number of pyridine rings is 2. The van der Waals surface area contributed by atoms with Gasteiger partial charge in [-0.1, -0.05) is 12.1 Å². The number of nitrogens with one attached hydrogen (secondary N) is 2. The van der Waals surface area contributed by atoms with Crippen molar-refractivity contribution in [1.82, 2.24) is 71.4 Å². The van der Waals surface area contributed by atoms with Gasteiger partial charge in [0.05, 0.1) is 72.5 Å². The molecule has 10 rings (SSSR count). The van der Waals surface area contributed by atoms with Crippen LogP contribution in [0.25, 0.3) is 43.9 Å². The fourth-order valence-corrected chi connectivity index (χ4v) is 11.1. The second-order valence-corrected chi connectivity index (χ2v) is 25.4. The molecular weight excluding hydrogens is 1330 g/mol. The molecule has 0 saturated heterocycles. The lowest BCUT2D eigenvalue weighted by Gasteiger charge is -2.34. The number of rotatable bonds is 30. The summed E-state index contributed by atoms with van der Waals surface area (Å²) in [5.41, 5.74) is 22.8. The molecule has 2 fully saturated rings. The average Bonchev–Trinajstić information content (AvgIpc) is 1.67. The third-order valence-electron chi connectivity index (χ3n) is 14.1. The molecule has 2 saturated carbocycles. The third kappa shape index (κ3) is 24.4. The average molecular weight is 1420 g/mol. The molecule has 2 aliphatic rings. The molecule has 2 unspecified atom stereocenters. The predicted octanol–water partition coefficient (Wildman–Crippen LogP) is 4.59. The highest BCUT2D eigenvalue weighted by Crippen LogP contribution is 2.40. The zero-order valence-corrected chi connectivity index (χ0v) is 56.3. The van der Waals surface area contributed by atoms with Gasteiger partial charge in [-0.25, -0.2) is 28.5 Å². The van der Waals surface area contributed by atoms with Crippen molar-refractivity contribution in [2.45, 2.75) is 128 Å². The van der Waals surface area contributed by atoms with E-state index >= 15 is 0 Å². The van der Waals surface area contributed by atoms with Crippen LogP contribution in [0.15, 0.2) is 96.7 Å². The lowest BCUT2D eigenvalue weighted by atomic mass is 9.89. The van der Waals surface area contributed by atoms with Gasteiger partial charge in [0.2, 0.25) is 0 Å². The number of quaternary nitrogens is 2. The molecular formula is C56H84N20O16P2S2+2. The Morgan fingerprint density at radius 3 is 1.33 bits per heavy atom. The Morgan fingerprint density at radius 1 is 0.625 bits per heavy atom. The van der Waals surface area contributed by atoms with Gasteiger partial charge in [0, 0.05) is 72.3 Å². The number of ether oxygens (including phenoxy) is 2. The summed E-state index contributed by atoms with van der Waals surface area (Å²) < 4.78 is 48.1. The maximum absolute atomic E-state index is 13.1. The molecule has 8 aromatic rings. The molecule has 0 aromatic carbocycles. The Morgan fingerprint density at radius 2 is 1.01 bits per heavy atom. The van der Waals surface area contributed by atoms with Crippen molar-refractivity contribution < 1.29 is 88.1 Å². The van der Waals surface area contributed by atoms with E-state index in [9.17, 15) is 28.3 Å². The minimum Gasteiger partial charge on any atom is -0.480 e. The van der Waals surface area contributed by atoms with E-state index in [0.717, 1.165) is 64.5 Å². The van der Waals surface area contributed by atoms with Gasteiger partial charge in [-0.15, -0.1) is 22.7 Å². The lowest BCUT2D eigenvalue weighted by Crippen LogP contribution is -2.50. The Hall–Kier alpha value is -7.82. The summed E-state index contributed by atoms with van der Waals surface area (Å²) in [4.78, 5) is 99.4. The second kappa shape index (κ2) is 38.2. The summed E-state index contributed by atoms with van der Waals surface area (Å²) in [6.45, 7) is 6.17. The fourth-order valence-electron chi connectivity index (χ4n) is 9.06. The van der Waals surface area contributed by atoms with Crippen molar-refractivity contribution in [3.63, 3.8) is 0 Å². The van der Waals surface area contributed by atoms with E-state index in [-0.39, 0.29) is 48.0 Å². The monoisotopic (exact) mass is 1420 g/mol. The van der Waals surface area contributed by atoms with Crippen LogP contribution in [0.2, 0.25) is 0 Å². The van der Waals surface area contributed by atoms with E-state index in [1.807, 2.05) is 72.0 Å². The van der Waals surface area contributed by atoms with Gasteiger partial charge in [-0.2, -0.15) is 20.4 Å². The number of phosphoric acid groups is 2. The highest BCUT2D eigenvalue weighted by molar-refractivity contribution is 7.46. The number of hydrogen-bond acceptors (Lipinski definition) is 24. The summed E-state index contributed by atoms with van der Waals surface area (Å²) in [7, 11) is -9.23. The molecule has 8 heterocycles. The van der Waals surface area contributed by atoms with Crippen LogP contribution in [0.5, 0.6) is 0 Å². The van der Waals surface area contributed by atoms with Crippen molar-refractivity contribution >= 4 is 73.4 Å². The van der Waals surface area contributed by atoms with Crippen LogP contribution in [0, 0.1) is 0 Å². The van der Waals surface area contributed by atoms with E-state index in [1.54, 1.807) is 23.2 Å². The Labute approximate surface area is 558 Å². The largest absolute Gasteiger partial charge is 0.480 e. The molecule has 0 radical (unpaired) electrons. The molecule has 2 atom stereocenters. The molecule has 2 aliphatic carbocycles. The summed E-state index contributed by atoms with van der Waals surface area (Å²) >= 11 is 2.48. The van der Waals surface area contributed by atoms with Crippen LogP contribution in [-0.4, -0.2) is 163 Å². The van der Waals surface area contributed by atoms with E-state index < -0.39 is 64.9 Å². The summed E-state index contributed by atoms with van der Waals surface area (Å²) in [5.74, 6) is -2.64. The maximum Gasteiger partial charge on any atom is 0.471 e. The fraction of sp³-hybridized carbons (Fsp3) is 0.429. The van der Waals surface area contributed by atoms with Crippen molar-refractivity contribution in [3.05, 3.63) is 108 Å². The standard InChI is InChI=1S/2C22H24N7O6PS.2C6H14N2O2.2H3N/c2*1-2-34-16-7-15(8-16)29-11-18(20(27-29)17-5-3-4-6-23-17)25-21(30)19-12-37-22(26-19)14-9-24-28(10-14)13-35-36(31,32)33;2*7-4-2-1-3-5(8)6(9)10;;/h2*3-6,9-12,15-16H,2,7-8,13H2,1H3,(H,25,30)(H2,31,32,33);2*5H,1-4,7-8H2,(H,9,10);2*1H3/p+2.